The predicted molar refractivity (Wildman–Crippen MR) is 94.7 cm³/mol. The number of nitrogens with one attached hydrogen (secondary N) is 1. The third-order valence-electron chi connectivity index (χ3n) is 5.17. The molecule has 4 rings (SSSR count). The van der Waals surface area contributed by atoms with E-state index in [1.807, 2.05) is 30.3 Å². The molecule has 2 aliphatic carbocycles. The predicted octanol–water partition coefficient (Wildman–Crippen LogP) is 2.98. The van der Waals surface area contributed by atoms with E-state index in [4.69, 9.17) is 4.74 Å². The van der Waals surface area contributed by atoms with E-state index in [9.17, 15) is 4.79 Å². The molecule has 1 aromatic carbocycles. The number of nitrogens with zero attached hydrogens (tertiary/aromatic N) is 2. The standard InChI is InChI=1S/C20H21N3O2/c1-25-17-6-4-14(5-7-17)19-10-16(22-12-23-19)11-21-20(24)18-9-13-2-3-15(18)8-13/h2-7,10,12-13,15,18H,8-9,11H2,1H3,(H,21,24). The summed E-state index contributed by atoms with van der Waals surface area (Å²) in [5, 5.41) is 3.04. The van der Waals surface area contributed by atoms with Crippen molar-refractivity contribution in [3.8, 4) is 17.0 Å². The van der Waals surface area contributed by atoms with Crippen molar-refractivity contribution in [2.75, 3.05) is 7.11 Å². The van der Waals surface area contributed by atoms with Crippen LogP contribution >= 0.6 is 0 Å². The van der Waals surface area contributed by atoms with Crippen LogP contribution in [0.15, 0.2) is 48.8 Å². The highest BCUT2D eigenvalue weighted by Crippen LogP contribution is 2.43. The Labute approximate surface area is 147 Å². The van der Waals surface area contributed by atoms with Gasteiger partial charge in [0.05, 0.1) is 25.0 Å². The third kappa shape index (κ3) is 3.27. The Kier molecular flexibility index (Phi) is 4.22. The topological polar surface area (TPSA) is 64.1 Å². The number of amides is 1. The average Bonchev–Trinajstić information content (AvgIpc) is 3.30. The lowest BCUT2D eigenvalue weighted by Crippen LogP contribution is -2.32. The number of benzene rings is 1. The van der Waals surface area contributed by atoms with E-state index >= 15 is 0 Å². The molecule has 128 valence electrons. The quantitative estimate of drug-likeness (QED) is 0.853. The summed E-state index contributed by atoms with van der Waals surface area (Å²) in [6, 6.07) is 9.65. The van der Waals surface area contributed by atoms with Crippen molar-refractivity contribution in [2.24, 2.45) is 17.8 Å². The molecule has 3 unspecified atom stereocenters. The first-order valence-corrected chi connectivity index (χ1v) is 8.64. The Morgan fingerprint density at radius 3 is 2.72 bits per heavy atom. The third-order valence-corrected chi connectivity index (χ3v) is 5.17. The molecule has 1 aromatic heterocycles. The summed E-state index contributed by atoms with van der Waals surface area (Å²) < 4.78 is 5.18. The highest BCUT2D eigenvalue weighted by Gasteiger charge is 2.39. The molecule has 0 radical (unpaired) electrons. The van der Waals surface area contributed by atoms with Gasteiger partial charge in [0.25, 0.3) is 0 Å². The maximum Gasteiger partial charge on any atom is 0.224 e. The molecule has 3 atom stereocenters. The molecule has 0 aliphatic heterocycles. The summed E-state index contributed by atoms with van der Waals surface area (Å²) in [6.07, 6.45) is 8.10. The van der Waals surface area contributed by atoms with Crippen LogP contribution in [0.25, 0.3) is 11.3 Å². The van der Waals surface area contributed by atoms with Gasteiger partial charge in [-0.25, -0.2) is 9.97 Å². The van der Waals surface area contributed by atoms with Crippen LogP contribution in [-0.2, 0) is 11.3 Å². The van der Waals surface area contributed by atoms with Crippen LogP contribution in [0.1, 0.15) is 18.5 Å². The van der Waals surface area contributed by atoms with E-state index in [-0.39, 0.29) is 11.8 Å². The first kappa shape index (κ1) is 15.8. The first-order chi connectivity index (χ1) is 12.2. The molecule has 5 heteroatoms. The Bertz CT molecular complexity index is 801. The van der Waals surface area contributed by atoms with Crippen molar-refractivity contribution in [1.82, 2.24) is 15.3 Å². The van der Waals surface area contributed by atoms with Crippen LogP contribution in [0.2, 0.25) is 0 Å². The number of carbonyl (C=O) groups is 1. The number of allylic oxidation sites excluding steroid dienone is 2. The maximum atomic E-state index is 12.4. The van der Waals surface area contributed by atoms with Crippen LogP contribution in [0.5, 0.6) is 5.75 Å². The molecule has 0 spiro atoms. The molecular weight excluding hydrogens is 314 g/mol. The molecule has 2 aromatic rings. The molecule has 1 fully saturated rings. The Hall–Kier alpha value is -2.69. The normalized spacial score (nSPS) is 23.6. The first-order valence-electron chi connectivity index (χ1n) is 8.64. The SMILES string of the molecule is COc1ccc(-c2cc(CNC(=O)C3CC4C=CC3C4)ncn2)cc1. The van der Waals surface area contributed by atoms with E-state index in [1.165, 1.54) is 0 Å². The minimum Gasteiger partial charge on any atom is -0.497 e. The number of ether oxygens (including phenoxy) is 1. The van der Waals surface area contributed by atoms with Gasteiger partial charge in [0.1, 0.15) is 12.1 Å². The number of carbonyl (C=O) groups excluding carboxylic acids is 1. The van der Waals surface area contributed by atoms with E-state index in [2.05, 4.69) is 27.4 Å². The van der Waals surface area contributed by atoms with Gasteiger partial charge in [-0.1, -0.05) is 12.2 Å². The molecule has 25 heavy (non-hydrogen) atoms. The van der Waals surface area contributed by atoms with Gasteiger partial charge < -0.3 is 10.1 Å². The van der Waals surface area contributed by atoms with Gasteiger partial charge in [-0.15, -0.1) is 0 Å². The number of methoxy groups -OCH3 is 1. The number of hydrogen-bond acceptors (Lipinski definition) is 4. The highest BCUT2D eigenvalue weighted by atomic mass is 16.5. The molecule has 5 nitrogen and oxygen atoms in total. The van der Waals surface area contributed by atoms with Crippen molar-refractivity contribution in [2.45, 2.75) is 19.4 Å². The lowest BCUT2D eigenvalue weighted by molar-refractivity contribution is -0.125. The fourth-order valence-corrected chi connectivity index (χ4v) is 3.80. The lowest BCUT2D eigenvalue weighted by atomic mass is 9.93. The van der Waals surface area contributed by atoms with E-state index in [1.54, 1.807) is 13.4 Å². The molecule has 2 bridgehead atoms. The smallest absolute Gasteiger partial charge is 0.224 e. The summed E-state index contributed by atoms with van der Waals surface area (Å²) in [5.41, 5.74) is 2.65. The van der Waals surface area contributed by atoms with Crippen LogP contribution in [0.3, 0.4) is 0 Å². The zero-order valence-corrected chi connectivity index (χ0v) is 14.2. The largest absolute Gasteiger partial charge is 0.497 e. The molecule has 0 saturated heterocycles. The summed E-state index contributed by atoms with van der Waals surface area (Å²) >= 11 is 0. The number of aromatic nitrogens is 2. The molecular formula is C20H21N3O2. The van der Waals surface area contributed by atoms with Crippen molar-refractivity contribution >= 4 is 5.91 Å². The van der Waals surface area contributed by atoms with E-state index < -0.39 is 0 Å². The van der Waals surface area contributed by atoms with Crippen LogP contribution in [0, 0.1) is 17.8 Å². The minimum atomic E-state index is 0.123. The zero-order chi connectivity index (χ0) is 17.2. The van der Waals surface area contributed by atoms with Crippen molar-refractivity contribution < 1.29 is 9.53 Å². The minimum absolute atomic E-state index is 0.123. The van der Waals surface area contributed by atoms with Gasteiger partial charge in [-0.3, -0.25) is 4.79 Å². The van der Waals surface area contributed by atoms with Crippen molar-refractivity contribution in [3.63, 3.8) is 0 Å². The number of hydrogen-bond donors (Lipinski definition) is 1. The summed E-state index contributed by atoms with van der Waals surface area (Å²) in [6.45, 7) is 0.433. The highest BCUT2D eigenvalue weighted by molar-refractivity contribution is 5.80. The number of rotatable bonds is 5. The molecule has 1 amide bonds. The molecule has 2 aliphatic rings. The summed E-state index contributed by atoms with van der Waals surface area (Å²) in [4.78, 5) is 21.0. The fourth-order valence-electron chi connectivity index (χ4n) is 3.80. The molecule has 1 saturated carbocycles. The van der Waals surface area contributed by atoms with E-state index in [0.717, 1.165) is 35.5 Å². The van der Waals surface area contributed by atoms with Gasteiger partial charge >= 0.3 is 0 Å². The van der Waals surface area contributed by atoms with Gasteiger partial charge in [-0.2, -0.15) is 0 Å². The Morgan fingerprint density at radius 1 is 1.20 bits per heavy atom. The fraction of sp³-hybridized carbons (Fsp3) is 0.350. The second-order valence-electron chi connectivity index (χ2n) is 6.73. The monoisotopic (exact) mass is 335 g/mol. The summed E-state index contributed by atoms with van der Waals surface area (Å²) in [5.74, 6) is 2.09. The maximum absolute atomic E-state index is 12.4. The van der Waals surface area contributed by atoms with Crippen molar-refractivity contribution in [1.29, 1.82) is 0 Å². The lowest BCUT2D eigenvalue weighted by Gasteiger charge is -2.17. The summed E-state index contributed by atoms with van der Waals surface area (Å²) in [7, 11) is 1.65. The molecule has 1 N–H and O–H groups in total. The van der Waals surface area contributed by atoms with Crippen LogP contribution < -0.4 is 10.1 Å². The van der Waals surface area contributed by atoms with E-state index in [0.29, 0.717) is 18.4 Å². The van der Waals surface area contributed by atoms with Crippen molar-refractivity contribution in [3.05, 3.63) is 54.5 Å². The van der Waals surface area contributed by atoms with Crippen LogP contribution in [-0.4, -0.2) is 23.0 Å². The van der Waals surface area contributed by atoms with Gasteiger partial charge in [0.2, 0.25) is 5.91 Å². The molecule has 1 heterocycles. The van der Waals surface area contributed by atoms with Crippen LogP contribution in [0.4, 0.5) is 0 Å². The number of fused-ring (bicyclic) bond motifs is 2. The Morgan fingerprint density at radius 2 is 2.04 bits per heavy atom. The Balaban J connectivity index is 1.41. The zero-order valence-electron chi connectivity index (χ0n) is 14.2. The second-order valence-corrected chi connectivity index (χ2v) is 6.73. The van der Waals surface area contributed by atoms with Gasteiger partial charge in [-0.05, 0) is 55.0 Å². The van der Waals surface area contributed by atoms with Gasteiger partial charge in [0.15, 0.2) is 0 Å². The van der Waals surface area contributed by atoms with Gasteiger partial charge in [0, 0.05) is 11.5 Å². The average molecular weight is 335 g/mol. The second kappa shape index (κ2) is 6.67.